The topological polar surface area (TPSA) is 72.3 Å². The van der Waals surface area contributed by atoms with Gasteiger partial charge in [0.05, 0.1) is 24.2 Å². The fourth-order valence-electron chi connectivity index (χ4n) is 1.88. The van der Waals surface area contributed by atoms with Crippen LogP contribution in [-0.2, 0) is 4.74 Å². The van der Waals surface area contributed by atoms with Gasteiger partial charge in [-0.15, -0.1) is 0 Å². The van der Waals surface area contributed by atoms with Gasteiger partial charge in [0.2, 0.25) is 0 Å². The Hall–Kier alpha value is -2.27. The van der Waals surface area contributed by atoms with Gasteiger partial charge in [-0.1, -0.05) is 24.3 Å². The third-order valence-electron chi connectivity index (χ3n) is 2.95. The maximum absolute atomic E-state index is 10.9. The molecule has 2 aromatic rings. The SMILES string of the molecule is CCO[C@@H](C)c1ccc(-c2cncc(C(=O)O)n2)cc1. The van der Waals surface area contributed by atoms with Gasteiger partial charge in [-0.3, -0.25) is 4.98 Å². The molecule has 2 rings (SSSR count). The summed E-state index contributed by atoms with van der Waals surface area (Å²) in [6.45, 7) is 4.61. The summed E-state index contributed by atoms with van der Waals surface area (Å²) in [5.74, 6) is -1.08. The maximum Gasteiger partial charge on any atom is 0.356 e. The molecule has 0 saturated heterocycles. The first-order valence-electron chi connectivity index (χ1n) is 6.39. The van der Waals surface area contributed by atoms with E-state index in [0.717, 1.165) is 11.1 Å². The van der Waals surface area contributed by atoms with Crippen LogP contribution in [0.4, 0.5) is 0 Å². The third kappa shape index (κ3) is 3.19. The van der Waals surface area contributed by atoms with Crippen molar-refractivity contribution in [3.8, 4) is 11.3 Å². The number of aromatic carboxylic acids is 1. The molecule has 5 heteroatoms. The Balaban J connectivity index is 2.26. The molecule has 0 amide bonds. The van der Waals surface area contributed by atoms with Crippen LogP contribution in [0.3, 0.4) is 0 Å². The lowest BCUT2D eigenvalue weighted by Gasteiger charge is -2.12. The molecular weight excluding hydrogens is 256 g/mol. The molecule has 0 aliphatic heterocycles. The molecule has 1 aromatic heterocycles. The van der Waals surface area contributed by atoms with E-state index in [1.165, 1.54) is 6.20 Å². The van der Waals surface area contributed by atoms with Crippen LogP contribution in [0.1, 0.15) is 36.0 Å². The highest BCUT2D eigenvalue weighted by Crippen LogP contribution is 2.21. The Morgan fingerprint density at radius 1 is 1.30 bits per heavy atom. The number of rotatable bonds is 5. The van der Waals surface area contributed by atoms with Crippen LogP contribution in [0.2, 0.25) is 0 Å². The highest BCUT2D eigenvalue weighted by molar-refractivity contribution is 5.85. The zero-order valence-corrected chi connectivity index (χ0v) is 11.4. The maximum atomic E-state index is 10.9. The van der Waals surface area contributed by atoms with Gasteiger partial charge in [0.15, 0.2) is 5.69 Å². The minimum absolute atomic E-state index is 0.0329. The molecule has 0 bridgehead atoms. The molecule has 0 saturated carbocycles. The molecule has 1 atom stereocenters. The number of ether oxygens (including phenoxy) is 1. The Bertz CT molecular complexity index is 596. The van der Waals surface area contributed by atoms with Gasteiger partial charge in [0, 0.05) is 12.2 Å². The van der Waals surface area contributed by atoms with E-state index in [2.05, 4.69) is 9.97 Å². The van der Waals surface area contributed by atoms with Crippen LogP contribution in [0, 0.1) is 0 Å². The summed E-state index contributed by atoms with van der Waals surface area (Å²) >= 11 is 0. The smallest absolute Gasteiger partial charge is 0.356 e. The lowest BCUT2D eigenvalue weighted by molar-refractivity contribution is 0.0690. The quantitative estimate of drug-likeness (QED) is 0.906. The third-order valence-corrected chi connectivity index (χ3v) is 2.95. The molecule has 0 aliphatic carbocycles. The summed E-state index contributed by atoms with van der Waals surface area (Å²) < 4.78 is 5.52. The Morgan fingerprint density at radius 3 is 2.60 bits per heavy atom. The molecular formula is C15H16N2O3. The second-order valence-corrected chi connectivity index (χ2v) is 4.31. The van der Waals surface area contributed by atoms with Gasteiger partial charge in [-0.25, -0.2) is 9.78 Å². The van der Waals surface area contributed by atoms with Crippen molar-refractivity contribution < 1.29 is 14.6 Å². The first-order chi connectivity index (χ1) is 9.61. The molecule has 1 heterocycles. The Kier molecular flexibility index (Phi) is 4.42. The van der Waals surface area contributed by atoms with E-state index in [0.29, 0.717) is 12.3 Å². The standard InChI is InChI=1S/C15H16N2O3/c1-3-20-10(2)11-4-6-12(7-5-11)13-8-16-9-14(17-13)15(18)19/h4-10H,3H2,1-2H3,(H,18,19)/t10-/m0/s1. The molecule has 0 spiro atoms. The van der Waals surface area contributed by atoms with Crippen LogP contribution in [0.25, 0.3) is 11.3 Å². The largest absolute Gasteiger partial charge is 0.476 e. The van der Waals surface area contributed by atoms with E-state index >= 15 is 0 Å². The summed E-state index contributed by atoms with van der Waals surface area (Å²) in [5, 5.41) is 8.91. The number of benzene rings is 1. The van der Waals surface area contributed by atoms with Gasteiger partial charge < -0.3 is 9.84 Å². The Labute approximate surface area is 117 Å². The lowest BCUT2D eigenvalue weighted by Crippen LogP contribution is -2.02. The summed E-state index contributed by atoms with van der Waals surface area (Å²) in [6, 6.07) is 7.68. The molecule has 5 nitrogen and oxygen atoms in total. The number of nitrogens with zero attached hydrogens (tertiary/aromatic N) is 2. The van der Waals surface area contributed by atoms with Crippen LogP contribution < -0.4 is 0 Å². The number of hydrogen-bond acceptors (Lipinski definition) is 4. The van der Waals surface area contributed by atoms with Crippen molar-refractivity contribution in [3.63, 3.8) is 0 Å². The second kappa shape index (κ2) is 6.25. The van der Waals surface area contributed by atoms with Crippen LogP contribution in [0.5, 0.6) is 0 Å². The number of carbonyl (C=O) groups is 1. The molecule has 0 radical (unpaired) electrons. The number of aromatic nitrogens is 2. The molecule has 1 aromatic carbocycles. The average Bonchev–Trinajstić information content (AvgIpc) is 2.48. The van der Waals surface area contributed by atoms with Gasteiger partial charge in [-0.2, -0.15) is 0 Å². The predicted molar refractivity (Wildman–Crippen MR) is 74.5 cm³/mol. The molecule has 0 unspecified atom stereocenters. The number of carboxylic acids is 1. The van der Waals surface area contributed by atoms with Crippen LogP contribution in [0.15, 0.2) is 36.7 Å². The molecule has 104 valence electrons. The van der Waals surface area contributed by atoms with Crippen molar-refractivity contribution in [3.05, 3.63) is 47.9 Å². The minimum atomic E-state index is -1.08. The second-order valence-electron chi connectivity index (χ2n) is 4.31. The van der Waals surface area contributed by atoms with Gasteiger partial charge in [0.1, 0.15) is 0 Å². The van der Waals surface area contributed by atoms with E-state index < -0.39 is 5.97 Å². The highest BCUT2D eigenvalue weighted by atomic mass is 16.5. The molecule has 20 heavy (non-hydrogen) atoms. The summed E-state index contributed by atoms with van der Waals surface area (Å²) in [7, 11) is 0. The normalized spacial score (nSPS) is 12.1. The predicted octanol–water partition coefficient (Wildman–Crippen LogP) is 2.94. The van der Waals surface area contributed by atoms with E-state index in [9.17, 15) is 4.79 Å². The monoisotopic (exact) mass is 272 g/mol. The van der Waals surface area contributed by atoms with Crippen molar-refractivity contribution in [2.75, 3.05) is 6.61 Å². The van der Waals surface area contributed by atoms with E-state index in [1.54, 1.807) is 6.20 Å². The Morgan fingerprint density at radius 2 is 2.00 bits per heavy atom. The first kappa shape index (κ1) is 14.1. The van der Waals surface area contributed by atoms with Crippen molar-refractivity contribution in [2.45, 2.75) is 20.0 Å². The van der Waals surface area contributed by atoms with Crippen molar-refractivity contribution in [1.29, 1.82) is 0 Å². The molecule has 0 fully saturated rings. The summed E-state index contributed by atoms with van der Waals surface area (Å²) in [6.07, 6.45) is 2.82. The van der Waals surface area contributed by atoms with Crippen molar-refractivity contribution in [2.24, 2.45) is 0 Å². The zero-order valence-electron chi connectivity index (χ0n) is 11.4. The average molecular weight is 272 g/mol. The van der Waals surface area contributed by atoms with Crippen molar-refractivity contribution in [1.82, 2.24) is 9.97 Å². The fraction of sp³-hybridized carbons (Fsp3) is 0.267. The van der Waals surface area contributed by atoms with Gasteiger partial charge >= 0.3 is 5.97 Å². The first-order valence-corrected chi connectivity index (χ1v) is 6.39. The van der Waals surface area contributed by atoms with E-state index in [1.807, 2.05) is 38.1 Å². The highest BCUT2D eigenvalue weighted by Gasteiger charge is 2.09. The number of hydrogen-bond donors (Lipinski definition) is 1. The summed E-state index contributed by atoms with van der Waals surface area (Å²) in [5.41, 5.74) is 2.38. The molecule has 0 aliphatic rings. The minimum Gasteiger partial charge on any atom is -0.476 e. The zero-order chi connectivity index (χ0) is 14.5. The summed E-state index contributed by atoms with van der Waals surface area (Å²) in [4.78, 5) is 18.8. The van der Waals surface area contributed by atoms with Crippen molar-refractivity contribution >= 4 is 5.97 Å². The van der Waals surface area contributed by atoms with E-state index in [4.69, 9.17) is 9.84 Å². The number of carboxylic acid groups (broad SMARTS) is 1. The lowest BCUT2D eigenvalue weighted by atomic mass is 10.1. The van der Waals surface area contributed by atoms with E-state index in [-0.39, 0.29) is 11.8 Å². The van der Waals surface area contributed by atoms with Crippen LogP contribution in [-0.4, -0.2) is 27.7 Å². The van der Waals surface area contributed by atoms with Gasteiger partial charge in [0.25, 0.3) is 0 Å². The molecule has 1 N–H and O–H groups in total. The van der Waals surface area contributed by atoms with Gasteiger partial charge in [-0.05, 0) is 19.4 Å². The van der Waals surface area contributed by atoms with Crippen LogP contribution >= 0.6 is 0 Å². The fourth-order valence-corrected chi connectivity index (χ4v) is 1.88.